The zero-order valence-electron chi connectivity index (χ0n) is 17.2. The zero-order chi connectivity index (χ0) is 21.6. The number of carbonyl (C=O) groups is 1. The predicted octanol–water partition coefficient (Wildman–Crippen LogP) is 3.94. The topological polar surface area (TPSA) is 80.2 Å². The molecule has 1 amide bonds. The standard InChI is InChI=1S/C22H23N3O3S3/c1-14-23-21(18-11-19(30-22(18)24-14)15-5-3-2-4-6-15)29-12-20(26)25(16-7-8-16)17-9-10-31(27,28)13-17/h2-6,11,16-17H,7-10,12-13H2,1H3/t17-/m1/s1. The Kier molecular flexibility index (Phi) is 5.52. The number of nitrogens with zero attached hydrogens (tertiary/aromatic N) is 3. The van der Waals surface area contributed by atoms with Gasteiger partial charge in [-0.25, -0.2) is 18.4 Å². The van der Waals surface area contributed by atoms with Crippen molar-refractivity contribution in [3.63, 3.8) is 0 Å². The van der Waals surface area contributed by atoms with Crippen molar-refractivity contribution in [2.45, 2.75) is 43.3 Å². The van der Waals surface area contributed by atoms with Gasteiger partial charge in [0.05, 0.1) is 17.3 Å². The minimum absolute atomic E-state index is 0.0116. The highest BCUT2D eigenvalue weighted by molar-refractivity contribution is 8.00. The summed E-state index contributed by atoms with van der Waals surface area (Å²) in [7, 11) is -3.02. The number of aromatic nitrogens is 2. The first-order chi connectivity index (χ1) is 14.9. The van der Waals surface area contributed by atoms with Crippen LogP contribution in [-0.4, -0.2) is 58.5 Å². The minimum atomic E-state index is -3.02. The van der Waals surface area contributed by atoms with E-state index in [4.69, 9.17) is 0 Å². The van der Waals surface area contributed by atoms with Gasteiger partial charge in [-0.3, -0.25) is 4.79 Å². The van der Waals surface area contributed by atoms with E-state index in [9.17, 15) is 13.2 Å². The molecule has 0 unspecified atom stereocenters. The van der Waals surface area contributed by atoms with Crippen LogP contribution in [0.25, 0.3) is 20.7 Å². The monoisotopic (exact) mass is 473 g/mol. The van der Waals surface area contributed by atoms with E-state index in [2.05, 4.69) is 28.2 Å². The van der Waals surface area contributed by atoms with E-state index in [1.807, 2.05) is 30.0 Å². The van der Waals surface area contributed by atoms with Gasteiger partial charge in [0.25, 0.3) is 0 Å². The third-order valence-corrected chi connectivity index (χ3v) is 9.49. The van der Waals surface area contributed by atoms with E-state index in [0.717, 1.165) is 38.5 Å². The number of hydrogen-bond acceptors (Lipinski definition) is 7. The van der Waals surface area contributed by atoms with E-state index in [1.165, 1.54) is 11.8 Å². The third-order valence-electron chi connectivity index (χ3n) is 5.69. The van der Waals surface area contributed by atoms with Gasteiger partial charge in [0, 0.05) is 22.3 Å². The van der Waals surface area contributed by atoms with E-state index in [-0.39, 0.29) is 35.2 Å². The summed E-state index contributed by atoms with van der Waals surface area (Å²) in [6.07, 6.45) is 2.49. The van der Waals surface area contributed by atoms with Crippen molar-refractivity contribution in [1.29, 1.82) is 0 Å². The van der Waals surface area contributed by atoms with Crippen LogP contribution < -0.4 is 0 Å². The molecule has 6 nitrogen and oxygen atoms in total. The molecular formula is C22H23N3O3S3. The number of rotatable bonds is 6. The number of sulfone groups is 1. The molecule has 2 aliphatic rings. The highest BCUT2D eigenvalue weighted by atomic mass is 32.2. The SMILES string of the molecule is Cc1nc(SCC(=O)N(C2CC2)[C@@H]2CCS(=O)(=O)C2)c2cc(-c3ccccc3)sc2n1. The Morgan fingerprint density at radius 3 is 2.61 bits per heavy atom. The number of hydrogen-bond donors (Lipinski definition) is 0. The first-order valence-corrected chi connectivity index (χ1v) is 14.0. The van der Waals surface area contributed by atoms with E-state index in [0.29, 0.717) is 12.2 Å². The molecule has 0 N–H and O–H groups in total. The minimum Gasteiger partial charge on any atom is -0.335 e. The van der Waals surface area contributed by atoms with Crippen LogP contribution in [0, 0.1) is 6.92 Å². The van der Waals surface area contributed by atoms with Gasteiger partial charge in [0.2, 0.25) is 5.91 Å². The average molecular weight is 474 g/mol. The number of carbonyl (C=O) groups excluding carboxylic acids is 1. The second-order valence-electron chi connectivity index (χ2n) is 8.15. The molecule has 1 atom stereocenters. The lowest BCUT2D eigenvalue weighted by atomic mass is 10.2. The first-order valence-electron chi connectivity index (χ1n) is 10.4. The van der Waals surface area contributed by atoms with Crippen molar-refractivity contribution in [2.24, 2.45) is 0 Å². The van der Waals surface area contributed by atoms with Crippen LogP contribution in [0.1, 0.15) is 25.1 Å². The summed E-state index contributed by atoms with van der Waals surface area (Å²) in [6, 6.07) is 12.3. The smallest absolute Gasteiger partial charge is 0.233 e. The first kappa shape index (κ1) is 20.9. The number of amides is 1. The molecule has 0 spiro atoms. The molecule has 1 aliphatic carbocycles. The van der Waals surface area contributed by atoms with E-state index >= 15 is 0 Å². The van der Waals surface area contributed by atoms with Gasteiger partial charge in [-0.15, -0.1) is 11.3 Å². The van der Waals surface area contributed by atoms with Crippen LogP contribution >= 0.6 is 23.1 Å². The molecule has 1 saturated heterocycles. The van der Waals surface area contributed by atoms with Gasteiger partial charge in [0.1, 0.15) is 15.7 Å². The van der Waals surface area contributed by atoms with Crippen molar-refractivity contribution in [2.75, 3.05) is 17.3 Å². The highest BCUT2D eigenvalue weighted by Gasteiger charge is 2.41. The lowest BCUT2D eigenvalue weighted by molar-refractivity contribution is -0.130. The molecule has 1 aliphatic heterocycles. The molecule has 2 aromatic heterocycles. The number of benzene rings is 1. The number of fused-ring (bicyclic) bond motifs is 1. The maximum absolute atomic E-state index is 13.1. The summed E-state index contributed by atoms with van der Waals surface area (Å²) in [5.74, 6) is 1.24. The highest BCUT2D eigenvalue weighted by Crippen LogP contribution is 2.38. The van der Waals surface area contributed by atoms with Crippen LogP contribution in [0.2, 0.25) is 0 Å². The summed E-state index contributed by atoms with van der Waals surface area (Å²) in [4.78, 5) is 26.2. The molecule has 0 radical (unpaired) electrons. The molecule has 5 rings (SSSR count). The van der Waals surface area contributed by atoms with Gasteiger partial charge >= 0.3 is 0 Å². The summed E-state index contributed by atoms with van der Waals surface area (Å²) in [5.41, 5.74) is 1.14. The summed E-state index contributed by atoms with van der Waals surface area (Å²) < 4.78 is 23.9. The fraction of sp³-hybridized carbons (Fsp3) is 0.409. The van der Waals surface area contributed by atoms with Crippen molar-refractivity contribution in [3.8, 4) is 10.4 Å². The van der Waals surface area contributed by atoms with Crippen molar-refractivity contribution >= 4 is 49.1 Å². The number of thiophene rings is 1. The van der Waals surface area contributed by atoms with E-state index < -0.39 is 9.84 Å². The fourth-order valence-electron chi connectivity index (χ4n) is 4.11. The van der Waals surface area contributed by atoms with Crippen LogP contribution in [0.5, 0.6) is 0 Å². The Labute approximate surface area is 190 Å². The second kappa shape index (κ2) is 8.18. The third kappa shape index (κ3) is 4.49. The molecule has 1 aromatic carbocycles. The maximum atomic E-state index is 13.1. The number of thioether (sulfide) groups is 1. The number of aryl methyl sites for hydroxylation is 1. The summed E-state index contributed by atoms with van der Waals surface area (Å²) in [6.45, 7) is 1.87. The van der Waals surface area contributed by atoms with Crippen molar-refractivity contribution in [1.82, 2.24) is 14.9 Å². The van der Waals surface area contributed by atoms with Gasteiger partial charge in [-0.05, 0) is 37.8 Å². The normalized spacial score (nSPS) is 20.2. The summed E-state index contributed by atoms with van der Waals surface area (Å²) in [5, 5.41) is 1.78. The molecule has 0 bridgehead atoms. The molecule has 162 valence electrons. The van der Waals surface area contributed by atoms with Crippen LogP contribution in [0.3, 0.4) is 0 Å². The van der Waals surface area contributed by atoms with Gasteiger partial charge in [-0.2, -0.15) is 0 Å². The van der Waals surface area contributed by atoms with Gasteiger partial charge in [0.15, 0.2) is 9.84 Å². The van der Waals surface area contributed by atoms with Gasteiger partial charge < -0.3 is 4.90 Å². The molecule has 3 heterocycles. The van der Waals surface area contributed by atoms with Crippen LogP contribution in [0.15, 0.2) is 41.4 Å². The van der Waals surface area contributed by atoms with E-state index in [1.54, 1.807) is 11.3 Å². The summed E-state index contributed by atoms with van der Waals surface area (Å²) >= 11 is 3.06. The van der Waals surface area contributed by atoms with Crippen LogP contribution in [0.4, 0.5) is 0 Å². The lowest BCUT2D eigenvalue weighted by Crippen LogP contribution is -2.43. The second-order valence-corrected chi connectivity index (χ2v) is 12.4. The Hall–Kier alpha value is -1.97. The van der Waals surface area contributed by atoms with Crippen molar-refractivity contribution in [3.05, 3.63) is 42.2 Å². The Morgan fingerprint density at radius 1 is 1.16 bits per heavy atom. The quantitative estimate of drug-likeness (QED) is 0.399. The Morgan fingerprint density at radius 2 is 1.94 bits per heavy atom. The Bertz CT molecular complexity index is 1240. The van der Waals surface area contributed by atoms with Gasteiger partial charge in [-0.1, -0.05) is 42.1 Å². The zero-order valence-corrected chi connectivity index (χ0v) is 19.6. The molecule has 3 aromatic rings. The molecule has 31 heavy (non-hydrogen) atoms. The average Bonchev–Trinajstić information content (AvgIpc) is 3.37. The largest absolute Gasteiger partial charge is 0.335 e. The van der Waals surface area contributed by atoms with Crippen molar-refractivity contribution < 1.29 is 13.2 Å². The predicted molar refractivity (Wildman–Crippen MR) is 125 cm³/mol. The molecule has 9 heteroatoms. The Balaban J connectivity index is 1.37. The fourth-order valence-corrected chi connectivity index (χ4v) is 7.88. The molecular weight excluding hydrogens is 450 g/mol. The lowest BCUT2D eigenvalue weighted by Gasteiger charge is -2.28. The van der Waals surface area contributed by atoms with Crippen LogP contribution in [-0.2, 0) is 14.6 Å². The molecule has 2 fully saturated rings. The molecule has 1 saturated carbocycles. The maximum Gasteiger partial charge on any atom is 0.233 e.